The summed E-state index contributed by atoms with van der Waals surface area (Å²) >= 11 is 0. The molecular weight excluding hydrogens is 310 g/mol. The lowest BCUT2D eigenvalue weighted by Crippen LogP contribution is -2.21. The molecule has 5 heteroatoms. The lowest BCUT2D eigenvalue weighted by molar-refractivity contribution is 0.405. The zero-order valence-electron chi connectivity index (χ0n) is 16.0. The Bertz CT molecular complexity index is 627. The molecule has 0 aliphatic carbocycles. The zero-order chi connectivity index (χ0) is 18.1. The highest BCUT2D eigenvalue weighted by molar-refractivity contribution is 5.61. The van der Waals surface area contributed by atoms with Crippen molar-refractivity contribution in [2.45, 2.75) is 26.2 Å². The summed E-state index contributed by atoms with van der Waals surface area (Å²) in [6, 6.07) is 12.2. The van der Waals surface area contributed by atoms with Crippen LogP contribution in [0.3, 0.4) is 0 Å². The van der Waals surface area contributed by atoms with Crippen LogP contribution in [0.4, 0.5) is 11.6 Å². The van der Waals surface area contributed by atoms with Crippen LogP contribution in [-0.4, -0.2) is 55.6 Å². The minimum atomic E-state index is 0.775. The zero-order valence-corrected chi connectivity index (χ0v) is 16.0. The summed E-state index contributed by atoms with van der Waals surface area (Å²) in [4.78, 5) is 13.9. The summed E-state index contributed by atoms with van der Waals surface area (Å²) in [6.45, 7) is 5.18. The van der Waals surface area contributed by atoms with Crippen molar-refractivity contribution >= 4 is 11.6 Å². The first-order valence-electron chi connectivity index (χ1n) is 9.14. The SMILES string of the molecule is CCCCN(C)c1cc(NCCCN(C)C)nc(-c2ccccc2)n1. The number of anilines is 2. The fourth-order valence-corrected chi connectivity index (χ4v) is 2.56. The van der Waals surface area contributed by atoms with Gasteiger partial charge in [-0.3, -0.25) is 0 Å². The Kier molecular flexibility index (Phi) is 7.67. The fourth-order valence-electron chi connectivity index (χ4n) is 2.56. The predicted molar refractivity (Wildman–Crippen MR) is 107 cm³/mol. The number of unbranched alkanes of at least 4 members (excludes halogenated alkanes) is 1. The van der Waals surface area contributed by atoms with Crippen LogP contribution in [0.15, 0.2) is 36.4 Å². The number of benzene rings is 1. The predicted octanol–water partition coefficient (Wildman–Crippen LogP) is 3.74. The largest absolute Gasteiger partial charge is 0.370 e. The van der Waals surface area contributed by atoms with Crippen LogP contribution in [0.5, 0.6) is 0 Å². The average molecular weight is 342 g/mol. The number of nitrogens with one attached hydrogen (secondary N) is 1. The van der Waals surface area contributed by atoms with E-state index in [-0.39, 0.29) is 0 Å². The smallest absolute Gasteiger partial charge is 0.163 e. The second-order valence-electron chi connectivity index (χ2n) is 6.66. The molecule has 1 heterocycles. The van der Waals surface area contributed by atoms with E-state index in [4.69, 9.17) is 9.97 Å². The second kappa shape index (κ2) is 9.99. The number of nitrogens with zero attached hydrogens (tertiary/aromatic N) is 4. The second-order valence-corrected chi connectivity index (χ2v) is 6.66. The van der Waals surface area contributed by atoms with Gasteiger partial charge in [0.1, 0.15) is 11.6 Å². The van der Waals surface area contributed by atoms with E-state index < -0.39 is 0 Å². The van der Waals surface area contributed by atoms with E-state index in [0.29, 0.717) is 0 Å². The minimum absolute atomic E-state index is 0.775. The quantitative estimate of drug-likeness (QED) is 0.667. The van der Waals surface area contributed by atoms with Gasteiger partial charge < -0.3 is 15.1 Å². The molecule has 0 unspecified atom stereocenters. The molecule has 5 nitrogen and oxygen atoms in total. The van der Waals surface area contributed by atoms with E-state index in [9.17, 15) is 0 Å². The Morgan fingerprint density at radius 2 is 1.72 bits per heavy atom. The van der Waals surface area contributed by atoms with Gasteiger partial charge in [-0.05, 0) is 33.5 Å². The van der Waals surface area contributed by atoms with Gasteiger partial charge in [-0.2, -0.15) is 0 Å². The fraction of sp³-hybridized carbons (Fsp3) is 0.500. The van der Waals surface area contributed by atoms with E-state index in [1.165, 1.54) is 6.42 Å². The van der Waals surface area contributed by atoms with Crippen molar-refractivity contribution in [3.63, 3.8) is 0 Å². The van der Waals surface area contributed by atoms with Crippen LogP contribution in [-0.2, 0) is 0 Å². The molecular formula is C20H31N5. The van der Waals surface area contributed by atoms with Crippen molar-refractivity contribution in [3.05, 3.63) is 36.4 Å². The molecule has 0 radical (unpaired) electrons. The third-order valence-electron chi connectivity index (χ3n) is 4.07. The third-order valence-corrected chi connectivity index (χ3v) is 4.07. The van der Waals surface area contributed by atoms with Gasteiger partial charge in [-0.15, -0.1) is 0 Å². The highest BCUT2D eigenvalue weighted by Crippen LogP contribution is 2.22. The lowest BCUT2D eigenvalue weighted by Gasteiger charge is -2.20. The molecule has 25 heavy (non-hydrogen) atoms. The highest BCUT2D eigenvalue weighted by Gasteiger charge is 2.10. The third kappa shape index (κ3) is 6.35. The van der Waals surface area contributed by atoms with E-state index >= 15 is 0 Å². The molecule has 1 N–H and O–H groups in total. The van der Waals surface area contributed by atoms with Crippen molar-refractivity contribution in [3.8, 4) is 11.4 Å². The topological polar surface area (TPSA) is 44.3 Å². The summed E-state index contributed by atoms with van der Waals surface area (Å²) in [6.07, 6.45) is 3.42. The van der Waals surface area contributed by atoms with E-state index in [1.807, 2.05) is 18.2 Å². The highest BCUT2D eigenvalue weighted by atomic mass is 15.2. The Balaban J connectivity index is 2.19. The van der Waals surface area contributed by atoms with Gasteiger partial charge in [0.15, 0.2) is 5.82 Å². The number of rotatable bonds is 10. The Morgan fingerprint density at radius 3 is 2.40 bits per heavy atom. The monoisotopic (exact) mass is 341 g/mol. The van der Waals surface area contributed by atoms with E-state index in [0.717, 1.165) is 55.5 Å². The van der Waals surface area contributed by atoms with Crippen LogP contribution in [0.2, 0.25) is 0 Å². The lowest BCUT2D eigenvalue weighted by atomic mass is 10.2. The van der Waals surface area contributed by atoms with Crippen molar-refractivity contribution in [2.24, 2.45) is 0 Å². The molecule has 0 atom stereocenters. The minimum Gasteiger partial charge on any atom is -0.370 e. The van der Waals surface area contributed by atoms with E-state index in [2.05, 4.69) is 61.4 Å². The Morgan fingerprint density at radius 1 is 0.960 bits per heavy atom. The van der Waals surface area contributed by atoms with Crippen molar-refractivity contribution in [1.82, 2.24) is 14.9 Å². The number of hydrogen-bond donors (Lipinski definition) is 1. The van der Waals surface area contributed by atoms with Gasteiger partial charge in [0.25, 0.3) is 0 Å². The average Bonchev–Trinajstić information content (AvgIpc) is 2.63. The van der Waals surface area contributed by atoms with Gasteiger partial charge >= 0.3 is 0 Å². The van der Waals surface area contributed by atoms with E-state index in [1.54, 1.807) is 0 Å². The molecule has 0 spiro atoms. The van der Waals surface area contributed by atoms with Gasteiger partial charge in [-0.1, -0.05) is 43.7 Å². The molecule has 0 saturated carbocycles. The molecule has 136 valence electrons. The Labute approximate surface area is 152 Å². The van der Waals surface area contributed by atoms with Gasteiger partial charge in [0, 0.05) is 31.8 Å². The van der Waals surface area contributed by atoms with Crippen LogP contribution in [0.1, 0.15) is 26.2 Å². The number of aromatic nitrogens is 2. The molecule has 0 saturated heterocycles. The van der Waals surface area contributed by atoms with Crippen LogP contribution in [0, 0.1) is 0 Å². The molecule has 1 aromatic heterocycles. The standard InChI is InChI=1S/C20H31N5/c1-5-6-15-25(4)19-16-18(21-13-10-14-24(2)3)22-20(23-19)17-11-8-7-9-12-17/h7-9,11-12,16H,5-6,10,13-15H2,1-4H3,(H,21,22,23). The first-order chi connectivity index (χ1) is 12.1. The van der Waals surface area contributed by atoms with Gasteiger partial charge in [0.2, 0.25) is 0 Å². The van der Waals surface area contributed by atoms with Crippen molar-refractivity contribution < 1.29 is 0 Å². The maximum absolute atomic E-state index is 4.78. The van der Waals surface area contributed by atoms with Crippen molar-refractivity contribution in [2.75, 3.05) is 51.0 Å². The molecule has 0 aliphatic heterocycles. The number of hydrogen-bond acceptors (Lipinski definition) is 5. The molecule has 0 bridgehead atoms. The molecule has 0 fully saturated rings. The maximum atomic E-state index is 4.78. The summed E-state index contributed by atoms with van der Waals surface area (Å²) in [5.74, 6) is 2.64. The summed E-state index contributed by atoms with van der Waals surface area (Å²) < 4.78 is 0. The molecule has 2 aromatic rings. The molecule has 0 amide bonds. The molecule has 0 aliphatic rings. The van der Waals surface area contributed by atoms with Gasteiger partial charge in [-0.25, -0.2) is 9.97 Å². The summed E-state index contributed by atoms with van der Waals surface area (Å²) in [7, 11) is 6.29. The maximum Gasteiger partial charge on any atom is 0.163 e. The van der Waals surface area contributed by atoms with Crippen LogP contribution >= 0.6 is 0 Å². The summed E-state index contributed by atoms with van der Waals surface area (Å²) in [5, 5.41) is 3.46. The first-order valence-corrected chi connectivity index (χ1v) is 9.14. The van der Waals surface area contributed by atoms with Crippen LogP contribution in [0.25, 0.3) is 11.4 Å². The molecule has 1 aromatic carbocycles. The first kappa shape index (κ1) is 19.2. The van der Waals surface area contributed by atoms with Crippen LogP contribution < -0.4 is 10.2 Å². The van der Waals surface area contributed by atoms with Gasteiger partial charge in [0.05, 0.1) is 0 Å². The Hall–Kier alpha value is -2.14. The van der Waals surface area contributed by atoms with Crippen molar-refractivity contribution in [1.29, 1.82) is 0 Å². The molecule has 2 rings (SSSR count). The normalized spacial score (nSPS) is 10.9. The summed E-state index contributed by atoms with van der Waals surface area (Å²) in [5.41, 5.74) is 1.05.